The predicted molar refractivity (Wildman–Crippen MR) is 63.0 cm³/mol. The molecular formula is C9H19O2SSn. The number of carbonyl (C=O) groups excluding carboxylic acids is 1. The Morgan fingerprint density at radius 1 is 1.46 bits per heavy atom. The van der Waals surface area contributed by atoms with Crippen LogP contribution in [0, 0.1) is 0 Å². The normalized spacial score (nSPS) is 8.77. The fourth-order valence-corrected chi connectivity index (χ4v) is 0.341. The van der Waals surface area contributed by atoms with Crippen LogP contribution in [-0.2, 0) is 9.53 Å². The van der Waals surface area contributed by atoms with Gasteiger partial charge in [0.05, 0.1) is 5.75 Å². The molecule has 0 rings (SSSR count). The van der Waals surface area contributed by atoms with Gasteiger partial charge in [-0.2, -0.15) is 12.6 Å². The minimum absolute atomic E-state index is 0.132. The van der Waals surface area contributed by atoms with Crippen molar-refractivity contribution in [1.82, 2.24) is 0 Å². The standard InChI is InChI=1S/C6H10O2S.3CH3.Sn/c1-5(2)3-8-6(7)4-9;;;;/h9H,1,3-4H2,2H3;3*1H3;. The van der Waals surface area contributed by atoms with Crippen LogP contribution < -0.4 is 0 Å². The van der Waals surface area contributed by atoms with Crippen molar-refractivity contribution in [3.05, 3.63) is 12.2 Å². The number of hydrogen-bond donors (Lipinski definition) is 1. The molecule has 0 N–H and O–H groups in total. The van der Waals surface area contributed by atoms with E-state index < -0.39 is 19.8 Å². The summed E-state index contributed by atoms with van der Waals surface area (Å²) in [5.41, 5.74) is 0.838. The van der Waals surface area contributed by atoms with Crippen molar-refractivity contribution in [3.63, 3.8) is 0 Å². The van der Waals surface area contributed by atoms with Gasteiger partial charge in [-0.05, 0) is 12.5 Å². The summed E-state index contributed by atoms with van der Waals surface area (Å²) in [4.78, 5) is 17.5. The first-order valence-corrected chi connectivity index (χ1v) is 13.3. The van der Waals surface area contributed by atoms with Gasteiger partial charge in [-0.3, -0.25) is 4.79 Å². The molecular weight excluding hydrogens is 291 g/mol. The Balaban J connectivity index is 0. The molecule has 0 saturated carbocycles. The summed E-state index contributed by atoms with van der Waals surface area (Å²) in [5, 5.41) is 0. The van der Waals surface area contributed by atoms with Crippen LogP contribution in [0.25, 0.3) is 0 Å². The van der Waals surface area contributed by atoms with Crippen molar-refractivity contribution in [2.45, 2.75) is 21.7 Å². The van der Waals surface area contributed by atoms with E-state index in [1.807, 2.05) is 0 Å². The van der Waals surface area contributed by atoms with Crippen molar-refractivity contribution in [1.29, 1.82) is 0 Å². The zero-order chi connectivity index (χ0) is 10.9. The summed E-state index contributed by atoms with van der Waals surface area (Å²) in [6, 6.07) is 0. The average Bonchev–Trinajstić information content (AvgIpc) is 1.99. The quantitative estimate of drug-likeness (QED) is 0.375. The second kappa shape index (κ2) is 10.4. The van der Waals surface area contributed by atoms with Gasteiger partial charge in [0, 0.05) is 0 Å². The Bertz CT molecular complexity index is 155. The van der Waals surface area contributed by atoms with Gasteiger partial charge in [0.1, 0.15) is 6.61 Å². The van der Waals surface area contributed by atoms with E-state index in [4.69, 9.17) is 0 Å². The molecule has 13 heavy (non-hydrogen) atoms. The van der Waals surface area contributed by atoms with Crippen LogP contribution in [-0.4, -0.2) is 38.1 Å². The zero-order valence-electron chi connectivity index (χ0n) is 8.89. The molecule has 0 spiro atoms. The van der Waals surface area contributed by atoms with Crippen LogP contribution in [0.15, 0.2) is 12.2 Å². The zero-order valence-corrected chi connectivity index (χ0v) is 12.6. The average molecular weight is 310 g/mol. The first kappa shape index (κ1) is 15.8. The Hall–Kier alpha value is 0.359. The molecule has 0 heterocycles. The summed E-state index contributed by atoms with van der Waals surface area (Å²) in [5.74, 6) is -0.172. The Morgan fingerprint density at radius 2 is 1.85 bits per heavy atom. The van der Waals surface area contributed by atoms with Gasteiger partial charge in [0.15, 0.2) is 0 Å². The Morgan fingerprint density at radius 3 is 2.08 bits per heavy atom. The molecule has 0 unspecified atom stereocenters. The van der Waals surface area contributed by atoms with Gasteiger partial charge in [0.25, 0.3) is 0 Å². The number of hydrogen-bond acceptors (Lipinski definition) is 3. The number of ether oxygens (including phenoxy) is 1. The third-order valence-electron chi connectivity index (χ3n) is 0.609. The van der Waals surface area contributed by atoms with E-state index in [-0.39, 0.29) is 11.7 Å². The molecule has 0 saturated heterocycles. The molecule has 2 nitrogen and oxygen atoms in total. The van der Waals surface area contributed by atoms with Gasteiger partial charge < -0.3 is 4.74 Å². The fraction of sp³-hybridized carbons (Fsp3) is 0.667. The SMILES string of the molecule is C=C(C)COC(=O)CS.[CH3][Sn]([CH3])[CH3]. The van der Waals surface area contributed by atoms with E-state index in [1.165, 1.54) is 0 Å². The molecule has 77 valence electrons. The monoisotopic (exact) mass is 311 g/mol. The van der Waals surface area contributed by atoms with Gasteiger partial charge in [-0.25, -0.2) is 0 Å². The second-order valence-electron chi connectivity index (χ2n) is 3.28. The topological polar surface area (TPSA) is 26.3 Å². The third kappa shape index (κ3) is 24.5. The molecule has 0 aromatic heterocycles. The number of carbonyl (C=O) groups is 1. The first-order chi connectivity index (χ1) is 5.90. The van der Waals surface area contributed by atoms with Gasteiger partial charge in [-0.15, -0.1) is 0 Å². The van der Waals surface area contributed by atoms with Crippen molar-refractivity contribution >= 4 is 38.4 Å². The van der Waals surface area contributed by atoms with Crippen LogP contribution >= 0.6 is 12.6 Å². The summed E-state index contributed by atoms with van der Waals surface area (Å²) < 4.78 is 4.64. The first-order valence-electron chi connectivity index (χ1n) is 4.07. The van der Waals surface area contributed by atoms with E-state index in [1.54, 1.807) is 6.92 Å². The summed E-state index contributed by atoms with van der Waals surface area (Å²) in [7, 11) is 0. The van der Waals surface area contributed by atoms with E-state index in [0.29, 0.717) is 6.61 Å². The Labute approximate surface area is 93.9 Å². The second-order valence-corrected chi connectivity index (χ2v) is 12.2. The van der Waals surface area contributed by atoms with E-state index in [2.05, 4.69) is 38.8 Å². The number of rotatable bonds is 3. The maximum atomic E-state index is 10.4. The molecule has 0 aromatic carbocycles. The molecule has 0 aliphatic carbocycles. The molecule has 1 radical (unpaired) electrons. The van der Waals surface area contributed by atoms with Crippen LogP contribution in [0.5, 0.6) is 0 Å². The molecule has 0 aromatic rings. The molecule has 0 fully saturated rings. The van der Waals surface area contributed by atoms with Gasteiger partial charge in [-0.1, -0.05) is 6.58 Å². The number of esters is 1. The van der Waals surface area contributed by atoms with Crippen LogP contribution in [0.4, 0.5) is 0 Å². The van der Waals surface area contributed by atoms with E-state index >= 15 is 0 Å². The van der Waals surface area contributed by atoms with E-state index in [0.717, 1.165) is 5.57 Å². The fourth-order valence-electron chi connectivity index (χ4n) is 0.249. The summed E-state index contributed by atoms with van der Waals surface area (Å²) in [6.45, 7) is 5.66. The van der Waals surface area contributed by atoms with Crippen LogP contribution in [0.2, 0.25) is 14.8 Å². The van der Waals surface area contributed by atoms with Gasteiger partial charge in [0.2, 0.25) is 0 Å². The molecule has 0 aliphatic rings. The van der Waals surface area contributed by atoms with E-state index in [9.17, 15) is 4.79 Å². The molecule has 0 atom stereocenters. The van der Waals surface area contributed by atoms with Crippen LogP contribution in [0.3, 0.4) is 0 Å². The van der Waals surface area contributed by atoms with Crippen molar-refractivity contribution in [2.24, 2.45) is 0 Å². The maximum absolute atomic E-state index is 10.4. The van der Waals surface area contributed by atoms with Crippen LogP contribution in [0.1, 0.15) is 6.92 Å². The van der Waals surface area contributed by atoms with Crippen molar-refractivity contribution in [2.75, 3.05) is 12.4 Å². The van der Waals surface area contributed by atoms with Crippen molar-refractivity contribution in [3.8, 4) is 0 Å². The number of thiol groups is 1. The molecule has 0 amide bonds. The molecule has 0 bridgehead atoms. The van der Waals surface area contributed by atoms with Crippen molar-refractivity contribution < 1.29 is 9.53 Å². The van der Waals surface area contributed by atoms with Gasteiger partial charge >= 0.3 is 40.5 Å². The summed E-state index contributed by atoms with van der Waals surface area (Å²) in [6.07, 6.45) is 0. The molecule has 4 heteroatoms. The molecule has 0 aliphatic heterocycles. The minimum atomic E-state index is -0.543. The predicted octanol–water partition coefficient (Wildman–Crippen LogP) is 2.41. The summed E-state index contributed by atoms with van der Waals surface area (Å²) >= 11 is 3.17. The third-order valence-corrected chi connectivity index (χ3v) is 0.867. The Kier molecular flexibility index (Phi) is 12.7.